The third-order valence-electron chi connectivity index (χ3n) is 3.40. The molecule has 1 aromatic carbocycles. The highest BCUT2D eigenvalue weighted by Crippen LogP contribution is 2.29. The largest absolute Gasteiger partial charge is 0.505 e. The van der Waals surface area contributed by atoms with Crippen LogP contribution in [0.25, 0.3) is 0 Å². The van der Waals surface area contributed by atoms with Crippen LogP contribution in [-0.2, 0) is 14.6 Å². The van der Waals surface area contributed by atoms with Crippen LogP contribution >= 0.6 is 0 Å². The fraction of sp³-hybridized carbons (Fsp3) is 0.385. The van der Waals surface area contributed by atoms with Crippen molar-refractivity contribution in [1.29, 1.82) is 0 Å². The second-order valence-corrected chi connectivity index (χ2v) is 7.15. The number of carboxylic acid groups (broad SMARTS) is 1. The van der Waals surface area contributed by atoms with E-state index in [9.17, 15) is 23.1 Å². The normalized spacial score (nSPS) is 20.7. The Bertz CT molecular complexity index is 682. The standard InChI is InChI=1S/C13H15NO6S/c15-11-8(13(17)18)4-3-5-9(11)14-12(16)10-6-1-2-7-21(10,19)20/h3-5,10,15H,1-2,6-7H2,(H,14,16)(H,17,18). The zero-order chi connectivity index (χ0) is 15.6. The van der Waals surface area contributed by atoms with Crippen molar-refractivity contribution < 1.29 is 28.2 Å². The van der Waals surface area contributed by atoms with Gasteiger partial charge in [-0.2, -0.15) is 0 Å². The van der Waals surface area contributed by atoms with E-state index in [0.29, 0.717) is 12.8 Å². The average molecular weight is 313 g/mol. The van der Waals surface area contributed by atoms with Crippen molar-refractivity contribution in [3.63, 3.8) is 0 Å². The third-order valence-corrected chi connectivity index (χ3v) is 5.57. The lowest BCUT2D eigenvalue weighted by Gasteiger charge is -2.21. The first kappa shape index (κ1) is 15.3. The molecule has 21 heavy (non-hydrogen) atoms. The predicted molar refractivity (Wildman–Crippen MR) is 75.1 cm³/mol. The number of para-hydroxylation sites is 1. The SMILES string of the molecule is O=C(O)c1cccc(NC(=O)C2CCCCS2(=O)=O)c1O. The number of amides is 1. The van der Waals surface area contributed by atoms with E-state index < -0.39 is 32.7 Å². The minimum absolute atomic E-state index is 0.0355. The third kappa shape index (κ3) is 3.15. The van der Waals surface area contributed by atoms with E-state index in [1.807, 2.05) is 0 Å². The first-order valence-electron chi connectivity index (χ1n) is 6.40. The molecule has 2 rings (SSSR count). The molecular formula is C13H15NO6S. The molecule has 1 aliphatic rings. The van der Waals surface area contributed by atoms with Crippen LogP contribution in [0, 0.1) is 0 Å². The molecule has 1 saturated heterocycles. The van der Waals surface area contributed by atoms with Gasteiger partial charge in [-0.05, 0) is 25.0 Å². The second kappa shape index (κ2) is 5.72. The van der Waals surface area contributed by atoms with Crippen molar-refractivity contribution in [3.05, 3.63) is 23.8 Å². The monoisotopic (exact) mass is 313 g/mol. The number of anilines is 1. The molecule has 8 heteroatoms. The lowest BCUT2D eigenvalue weighted by Crippen LogP contribution is -2.39. The van der Waals surface area contributed by atoms with Gasteiger partial charge in [0.15, 0.2) is 15.6 Å². The molecule has 1 unspecified atom stereocenters. The molecule has 0 saturated carbocycles. The van der Waals surface area contributed by atoms with E-state index in [2.05, 4.69) is 5.32 Å². The van der Waals surface area contributed by atoms with Crippen molar-refractivity contribution in [2.75, 3.05) is 11.1 Å². The molecule has 3 N–H and O–H groups in total. The molecule has 1 atom stereocenters. The zero-order valence-corrected chi connectivity index (χ0v) is 11.9. The highest BCUT2D eigenvalue weighted by atomic mass is 32.2. The number of hydrogen-bond acceptors (Lipinski definition) is 5. The Morgan fingerprint density at radius 2 is 1.95 bits per heavy atom. The van der Waals surface area contributed by atoms with E-state index in [4.69, 9.17) is 5.11 Å². The molecule has 1 aromatic rings. The number of phenols is 1. The van der Waals surface area contributed by atoms with Gasteiger partial charge in [-0.1, -0.05) is 12.5 Å². The zero-order valence-electron chi connectivity index (χ0n) is 11.1. The van der Waals surface area contributed by atoms with E-state index in [1.54, 1.807) is 0 Å². The van der Waals surface area contributed by atoms with Crippen LogP contribution < -0.4 is 5.32 Å². The summed E-state index contributed by atoms with van der Waals surface area (Å²) < 4.78 is 23.7. The maximum Gasteiger partial charge on any atom is 0.339 e. The quantitative estimate of drug-likeness (QED) is 0.716. The number of nitrogens with one attached hydrogen (secondary N) is 1. The fourth-order valence-corrected chi connectivity index (χ4v) is 4.08. The van der Waals surface area contributed by atoms with Gasteiger partial charge in [0, 0.05) is 0 Å². The van der Waals surface area contributed by atoms with Gasteiger partial charge in [0.05, 0.1) is 11.4 Å². The molecule has 0 aromatic heterocycles. The summed E-state index contributed by atoms with van der Waals surface area (Å²) in [6.07, 6.45) is 1.40. The number of carbonyl (C=O) groups excluding carboxylic acids is 1. The van der Waals surface area contributed by atoms with E-state index in [-0.39, 0.29) is 23.4 Å². The van der Waals surface area contributed by atoms with Crippen molar-refractivity contribution in [3.8, 4) is 5.75 Å². The van der Waals surface area contributed by atoms with Gasteiger partial charge in [-0.25, -0.2) is 13.2 Å². The number of benzene rings is 1. The highest BCUT2D eigenvalue weighted by molar-refractivity contribution is 7.92. The van der Waals surface area contributed by atoms with Crippen molar-refractivity contribution in [1.82, 2.24) is 0 Å². The Balaban J connectivity index is 2.24. The molecule has 7 nitrogen and oxygen atoms in total. The number of carbonyl (C=O) groups is 2. The van der Waals surface area contributed by atoms with Gasteiger partial charge >= 0.3 is 5.97 Å². The maximum absolute atomic E-state index is 12.1. The number of carboxylic acids is 1. The van der Waals surface area contributed by atoms with Gasteiger partial charge < -0.3 is 15.5 Å². The first-order valence-corrected chi connectivity index (χ1v) is 8.12. The molecule has 1 aliphatic heterocycles. The molecule has 1 heterocycles. The van der Waals surface area contributed by atoms with Gasteiger partial charge in [0.25, 0.3) is 0 Å². The smallest absolute Gasteiger partial charge is 0.339 e. The number of sulfone groups is 1. The average Bonchev–Trinajstić information content (AvgIpc) is 2.40. The lowest BCUT2D eigenvalue weighted by atomic mass is 10.1. The summed E-state index contributed by atoms with van der Waals surface area (Å²) in [6, 6.07) is 3.86. The van der Waals surface area contributed by atoms with Gasteiger partial charge in [0.2, 0.25) is 5.91 Å². The van der Waals surface area contributed by atoms with Crippen molar-refractivity contribution in [2.45, 2.75) is 24.5 Å². The van der Waals surface area contributed by atoms with Gasteiger partial charge in [-0.15, -0.1) is 0 Å². The molecule has 1 fully saturated rings. The van der Waals surface area contributed by atoms with Crippen LogP contribution in [0.15, 0.2) is 18.2 Å². The van der Waals surface area contributed by atoms with E-state index >= 15 is 0 Å². The summed E-state index contributed by atoms with van der Waals surface area (Å²) >= 11 is 0. The molecule has 1 amide bonds. The van der Waals surface area contributed by atoms with Crippen molar-refractivity contribution in [2.24, 2.45) is 0 Å². The summed E-state index contributed by atoms with van der Waals surface area (Å²) in [6.45, 7) is 0. The van der Waals surface area contributed by atoms with Crippen LogP contribution in [0.4, 0.5) is 5.69 Å². The van der Waals surface area contributed by atoms with E-state index in [1.165, 1.54) is 18.2 Å². The maximum atomic E-state index is 12.1. The van der Waals surface area contributed by atoms with Crippen LogP contribution in [0.2, 0.25) is 0 Å². The molecule has 0 radical (unpaired) electrons. The summed E-state index contributed by atoms with van der Waals surface area (Å²) in [5.41, 5.74) is -0.472. The Kier molecular flexibility index (Phi) is 4.17. The summed E-state index contributed by atoms with van der Waals surface area (Å²) in [4.78, 5) is 23.0. The Labute approximate surface area is 121 Å². The Morgan fingerprint density at radius 3 is 2.57 bits per heavy atom. The molecular weight excluding hydrogens is 298 g/mol. The number of hydrogen-bond donors (Lipinski definition) is 3. The number of rotatable bonds is 3. The fourth-order valence-electron chi connectivity index (χ4n) is 2.28. The van der Waals surface area contributed by atoms with Crippen LogP contribution in [-0.4, -0.2) is 41.5 Å². The van der Waals surface area contributed by atoms with Gasteiger partial charge in [0.1, 0.15) is 10.8 Å². The highest BCUT2D eigenvalue weighted by Gasteiger charge is 2.35. The van der Waals surface area contributed by atoms with Crippen LogP contribution in [0.1, 0.15) is 29.6 Å². The predicted octanol–water partition coefficient (Wildman–Crippen LogP) is 0.996. The lowest BCUT2D eigenvalue weighted by molar-refractivity contribution is -0.116. The van der Waals surface area contributed by atoms with Gasteiger partial charge in [-0.3, -0.25) is 4.79 Å². The second-order valence-electron chi connectivity index (χ2n) is 4.85. The summed E-state index contributed by atoms with van der Waals surface area (Å²) in [5, 5.41) is 19.8. The number of aromatic carboxylic acids is 1. The topological polar surface area (TPSA) is 121 Å². The minimum atomic E-state index is -3.49. The van der Waals surface area contributed by atoms with Crippen molar-refractivity contribution >= 4 is 27.4 Å². The van der Waals surface area contributed by atoms with E-state index in [0.717, 1.165) is 0 Å². The minimum Gasteiger partial charge on any atom is -0.505 e. The Hall–Kier alpha value is -2.09. The molecule has 0 spiro atoms. The van der Waals surface area contributed by atoms with Crippen LogP contribution in [0.3, 0.4) is 0 Å². The number of aromatic hydroxyl groups is 1. The summed E-state index contributed by atoms with van der Waals surface area (Å²) in [7, 11) is -3.49. The first-order chi connectivity index (χ1) is 9.83. The van der Waals surface area contributed by atoms with Crippen LogP contribution in [0.5, 0.6) is 5.75 Å². The molecule has 114 valence electrons. The molecule has 0 bridgehead atoms. The summed E-state index contributed by atoms with van der Waals surface area (Å²) in [5.74, 6) is -2.71. The molecule has 0 aliphatic carbocycles. The Morgan fingerprint density at radius 1 is 1.24 bits per heavy atom.